The summed E-state index contributed by atoms with van der Waals surface area (Å²) in [7, 11) is 0. The van der Waals surface area contributed by atoms with E-state index in [1.807, 2.05) is 24.3 Å². The zero-order chi connectivity index (χ0) is 21.0. The lowest BCUT2D eigenvalue weighted by Crippen LogP contribution is -2.30. The quantitative estimate of drug-likeness (QED) is 0.776. The fraction of sp³-hybridized carbons (Fsp3) is 0.391. The number of amides is 1. The molecule has 2 aromatic carbocycles. The Labute approximate surface area is 171 Å². The Morgan fingerprint density at radius 2 is 1.69 bits per heavy atom. The number of carbonyl (C=O) groups excluding carboxylic acids is 2. The molecule has 0 saturated heterocycles. The van der Waals surface area contributed by atoms with Gasteiger partial charge in [0.2, 0.25) is 0 Å². The van der Waals surface area contributed by atoms with Gasteiger partial charge in [0.05, 0.1) is 6.42 Å². The van der Waals surface area contributed by atoms with Crippen molar-refractivity contribution >= 4 is 17.6 Å². The van der Waals surface area contributed by atoms with Gasteiger partial charge in [0, 0.05) is 5.69 Å². The highest BCUT2D eigenvalue weighted by atomic mass is 16.6. The maximum absolute atomic E-state index is 12.3. The summed E-state index contributed by atoms with van der Waals surface area (Å²) in [4.78, 5) is 24.6. The number of fused-ring (bicyclic) bond motifs is 1. The van der Waals surface area contributed by atoms with Crippen molar-refractivity contribution in [3.05, 3.63) is 53.6 Å². The van der Waals surface area contributed by atoms with E-state index in [1.54, 1.807) is 25.1 Å². The van der Waals surface area contributed by atoms with Gasteiger partial charge >= 0.3 is 5.97 Å². The molecule has 0 saturated carbocycles. The molecule has 3 rings (SSSR count). The van der Waals surface area contributed by atoms with Gasteiger partial charge < -0.3 is 19.5 Å². The van der Waals surface area contributed by atoms with Crippen molar-refractivity contribution in [2.24, 2.45) is 0 Å². The second kappa shape index (κ2) is 8.55. The number of carbonyl (C=O) groups is 2. The number of rotatable bonds is 5. The third-order valence-corrected chi connectivity index (χ3v) is 4.65. The van der Waals surface area contributed by atoms with Gasteiger partial charge in [-0.15, -0.1) is 0 Å². The molecule has 29 heavy (non-hydrogen) atoms. The minimum Gasteiger partial charge on any atom is -0.486 e. The Balaban J connectivity index is 1.53. The van der Waals surface area contributed by atoms with Crippen LogP contribution in [-0.2, 0) is 26.2 Å². The van der Waals surface area contributed by atoms with Crippen molar-refractivity contribution in [1.82, 2.24) is 0 Å². The zero-order valence-corrected chi connectivity index (χ0v) is 17.3. The lowest BCUT2D eigenvalue weighted by Gasteiger charge is -2.20. The van der Waals surface area contributed by atoms with E-state index in [4.69, 9.17) is 14.2 Å². The number of anilines is 1. The highest BCUT2D eigenvalue weighted by Gasteiger charge is 2.20. The van der Waals surface area contributed by atoms with E-state index in [0.717, 1.165) is 5.56 Å². The van der Waals surface area contributed by atoms with Gasteiger partial charge in [-0.05, 0) is 47.7 Å². The first-order valence-electron chi connectivity index (χ1n) is 9.72. The second-order valence-electron chi connectivity index (χ2n) is 8.10. The molecule has 0 fully saturated rings. The average Bonchev–Trinajstić information content (AvgIpc) is 2.67. The molecule has 1 aliphatic rings. The summed E-state index contributed by atoms with van der Waals surface area (Å²) in [6.07, 6.45) is -0.851. The summed E-state index contributed by atoms with van der Waals surface area (Å²) in [6.45, 7) is 8.94. The van der Waals surface area contributed by atoms with Crippen LogP contribution >= 0.6 is 0 Å². The highest BCUT2D eigenvalue weighted by molar-refractivity contribution is 5.95. The van der Waals surface area contributed by atoms with Crippen molar-refractivity contribution in [1.29, 1.82) is 0 Å². The van der Waals surface area contributed by atoms with Crippen molar-refractivity contribution in [2.75, 3.05) is 18.5 Å². The summed E-state index contributed by atoms with van der Waals surface area (Å²) in [5, 5.41) is 2.78. The van der Waals surface area contributed by atoms with Crippen molar-refractivity contribution in [3.8, 4) is 11.5 Å². The standard InChI is InChI=1S/C23H27NO5/c1-15(22(26)24-18-8-6-17(7-9-18)23(2,3)4)29-21(25)14-16-5-10-19-20(13-16)28-12-11-27-19/h5-10,13,15H,11-12,14H2,1-4H3,(H,24,26). The molecule has 6 nitrogen and oxygen atoms in total. The van der Waals surface area contributed by atoms with Gasteiger partial charge in [-0.2, -0.15) is 0 Å². The molecule has 0 bridgehead atoms. The summed E-state index contributed by atoms with van der Waals surface area (Å²) in [5.41, 5.74) is 2.62. The highest BCUT2D eigenvalue weighted by Crippen LogP contribution is 2.31. The third-order valence-electron chi connectivity index (χ3n) is 4.65. The molecule has 154 valence electrons. The van der Waals surface area contributed by atoms with Crippen LogP contribution in [0.25, 0.3) is 0 Å². The lowest BCUT2D eigenvalue weighted by molar-refractivity contribution is -0.152. The Morgan fingerprint density at radius 3 is 2.34 bits per heavy atom. The van der Waals surface area contributed by atoms with Crippen LogP contribution in [0.15, 0.2) is 42.5 Å². The first-order chi connectivity index (χ1) is 13.7. The predicted octanol–water partition coefficient (Wildman–Crippen LogP) is 3.87. The van der Waals surface area contributed by atoms with Gasteiger partial charge in [0.25, 0.3) is 5.91 Å². The minimum atomic E-state index is -0.901. The van der Waals surface area contributed by atoms with Crippen LogP contribution in [-0.4, -0.2) is 31.2 Å². The average molecular weight is 397 g/mol. The number of benzene rings is 2. The first-order valence-corrected chi connectivity index (χ1v) is 9.72. The maximum atomic E-state index is 12.3. The van der Waals surface area contributed by atoms with Crippen LogP contribution < -0.4 is 14.8 Å². The largest absolute Gasteiger partial charge is 0.486 e. The van der Waals surface area contributed by atoms with Crippen LogP contribution in [0, 0.1) is 0 Å². The topological polar surface area (TPSA) is 73.9 Å². The van der Waals surface area contributed by atoms with Gasteiger partial charge in [-0.1, -0.05) is 39.0 Å². The Hall–Kier alpha value is -3.02. The van der Waals surface area contributed by atoms with Crippen molar-refractivity contribution < 1.29 is 23.8 Å². The number of esters is 1. The molecular formula is C23H27NO5. The molecule has 0 aliphatic carbocycles. The monoisotopic (exact) mass is 397 g/mol. The number of ether oxygens (including phenoxy) is 3. The number of nitrogens with one attached hydrogen (secondary N) is 1. The lowest BCUT2D eigenvalue weighted by atomic mass is 9.87. The van der Waals surface area contributed by atoms with Crippen LogP contribution in [0.2, 0.25) is 0 Å². The third kappa shape index (κ3) is 5.50. The van der Waals surface area contributed by atoms with Crippen molar-refractivity contribution in [3.63, 3.8) is 0 Å². The summed E-state index contributed by atoms with van der Waals surface area (Å²) < 4.78 is 16.3. The molecule has 1 N–H and O–H groups in total. The Morgan fingerprint density at radius 1 is 1.03 bits per heavy atom. The fourth-order valence-electron chi connectivity index (χ4n) is 2.95. The van der Waals surface area contributed by atoms with E-state index in [9.17, 15) is 9.59 Å². The summed E-state index contributed by atoms with van der Waals surface area (Å²) >= 11 is 0. The first kappa shape index (κ1) is 20.7. The molecule has 1 amide bonds. The van der Waals surface area contributed by atoms with E-state index in [-0.39, 0.29) is 17.7 Å². The molecule has 1 unspecified atom stereocenters. The van der Waals surface area contributed by atoms with E-state index >= 15 is 0 Å². The minimum absolute atomic E-state index is 0.0409. The van der Waals surface area contributed by atoms with E-state index in [0.29, 0.717) is 30.4 Å². The van der Waals surface area contributed by atoms with Gasteiger partial charge in [-0.3, -0.25) is 9.59 Å². The van der Waals surface area contributed by atoms with E-state index in [2.05, 4.69) is 26.1 Å². The molecule has 2 aromatic rings. The summed E-state index contributed by atoms with van der Waals surface area (Å²) in [6, 6.07) is 13.0. The maximum Gasteiger partial charge on any atom is 0.311 e. The normalized spacial score (nSPS) is 14.1. The van der Waals surface area contributed by atoms with E-state index < -0.39 is 12.1 Å². The molecule has 0 spiro atoms. The van der Waals surface area contributed by atoms with Crippen LogP contribution in [0.3, 0.4) is 0 Å². The van der Waals surface area contributed by atoms with E-state index in [1.165, 1.54) is 5.56 Å². The Bertz CT molecular complexity index is 883. The number of hydrogen-bond acceptors (Lipinski definition) is 5. The molecule has 6 heteroatoms. The van der Waals surface area contributed by atoms with Crippen LogP contribution in [0.1, 0.15) is 38.8 Å². The zero-order valence-electron chi connectivity index (χ0n) is 17.3. The molecular weight excluding hydrogens is 370 g/mol. The fourth-order valence-corrected chi connectivity index (χ4v) is 2.95. The molecule has 1 heterocycles. The molecule has 0 radical (unpaired) electrons. The summed E-state index contributed by atoms with van der Waals surface area (Å²) in [5.74, 6) is 0.432. The molecule has 1 atom stereocenters. The van der Waals surface area contributed by atoms with Gasteiger partial charge in [0.15, 0.2) is 17.6 Å². The SMILES string of the molecule is CC(OC(=O)Cc1ccc2c(c1)OCCO2)C(=O)Nc1ccc(C(C)(C)C)cc1. The second-order valence-corrected chi connectivity index (χ2v) is 8.10. The molecule has 0 aromatic heterocycles. The van der Waals surface area contributed by atoms with Gasteiger partial charge in [-0.25, -0.2) is 0 Å². The van der Waals surface area contributed by atoms with Crippen LogP contribution in [0.5, 0.6) is 11.5 Å². The predicted molar refractivity (Wildman–Crippen MR) is 110 cm³/mol. The number of hydrogen-bond donors (Lipinski definition) is 1. The Kier molecular flexibility index (Phi) is 6.11. The molecule has 1 aliphatic heterocycles. The smallest absolute Gasteiger partial charge is 0.311 e. The van der Waals surface area contributed by atoms with Gasteiger partial charge in [0.1, 0.15) is 13.2 Å². The van der Waals surface area contributed by atoms with Crippen molar-refractivity contribution in [2.45, 2.75) is 45.6 Å². The van der Waals surface area contributed by atoms with Crippen LogP contribution in [0.4, 0.5) is 5.69 Å².